The Morgan fingerprint density at radius 1 is 1.09 bits per heavy atom. The van der Waals surface area contributed by atoms with Gasteiger partial charge < -0.3 is 5.32 Å². The van der Waals surface area contributed by atoms with Crippen LogP contribution in [0.1, 0.15) is 42.1 Å². The van der Waals surface area contributed by atoms with E-state index in [0.717, 1.165) is 19.3 Å². The number of rotatable bonds is 5. The molecule has 0 atom stereocenters. The summed E-state index contributed by atoms with van der Waals surface area (Å²) in [5.74, 6) is -0.194. The van der Waals surface area contributed by atoms with Crippen molar-refractivity contribution in [2.24, 2.45) is 4.99 Å². The lowest BCUT2D eigenvalue weighted by molar-refractivity contribution is 0.101. The Hall–Kier alpha value is -3.60. The molecule has 1 aliphatic rings. The molecule has 0 fully saturated rings. The van der Waals surface area contributed by atoms with Crippen molar-refractivity contribution in [1.82, 2.24) is 19.5 Å². The Morgan fingerprint density at radius 3 is 2.67 bits per heavy atom. The third-order valence-corrected chi connectivity index (χ3v) is 6.45. The monoisotopic (exact) mass is 470 g/mol. The molecule has 2 aromatic carbocycles. The summed E-state index contributed by atoms with van der Waals surface area (Å²) in [6.45, 7) is 2.27. The van der Waals surface area contributed by atoms with E-state index in [9.17, 15) is 17.6 Å². The Morgan fingerprint density at radius 2 is 1.88 bits per heavy atom. The predicted molar refractivity (Wildman–Crippen MR) is 122 cm³/mol. The molecule has 1 aliphatic heterocycles. The number of nitrogens with one attached hydrogen (secondary N) is 2. The van der Waals surface area contributed by atoms with Crippen molar-refractivity contribution in [2.45, 2.75) is 37.5 Å². The fourth-order valence-electron chi connectivity index (χ4n) is 3.41. The number of aryl methyl sites for hydroxylation is 1. The molecule has 172 valence electrons. The van der Waals surface area contributed by atoms with Crippen molar-refractivity contribution in [2.75, 3.05) is 11.9 Å². The van der Waals surface area contributed by atoms with Gasteiger partial charge in [0.05, 0.1) is 10.6 Å². The predicted octanol–water partition coefficient (Wildman–Crippen LogP) is 3.22. The third-order valence-electron chi connectivity index (χ3n) is 5.07. The summed E-state index contributed by atoms with van der Waals surface area (Å²) in [5.41, 5.74) is 0.836. The first kappa shape index (κ1) is 22.6. The van der Waals surface area contributed by atoms with Crippen LogP contribution in [0.25, 0.3) is 5.69 Å². The molecule has 0 saturated carbocycles. The second-order valence-corrected chi connectivity index (χ2v) is 9.28. The van der Waals surface area contributed by atoms with Gasteiger partial charge in [0.15, 0.2) is 0 Å². The summed E-state index contributed by atoms with van der Waals surface area (Å²) in [5, 5.41) is 6.81. The SMILES string of the molecule is Cc1nc(C(=O)Nc2cccc(S(=O)(=O)NC3=NCCCCC3)c2)nn1-c1ccc(F)cc1. The highest BCUT2D eigenvalue weighted by molar-refractivity contribution is 7.90. The summed E-state index contributed by atoms with van der Waals surface area (Å²) in [7, 11) is -3.84. The second-order valence-electron chi connectivity index (χ2n) is 7.60. The number of carbonyl (C=O) groups excluding carboxylic acids is 1. The van der Waals surface area contributed by atoms with Crippen LogP contribution < -0.4 is 10.0 Å². The first-order chi connectivity index (χ1) is 15.8. The molecule has 0 saturated heterocycles. The highest BCUT2D eigenvalue weighted by Crippen LogP contribution is 2.18. The molecule has 0 radical (unpaired) electrons. The van der Waals surface area contributed by atoms with Crippen LogP contribution >= 0.6 is 0 Å². The average Bonchev–Trinajstić information content (AvgIpc) is 3.00. The molecule has 1 amide bonds. The highest BCUT2D eigenvalue weighted by Gasteiger charge is 2.20. The minimum atomic E-state index is -3.84. The number of carbonyl (C=O) groups is 1. The number of anilines is 1. The van der Waals surface area contributed by atoms with E-state index in [4.69, 9.17) is 0 Å². The maximum absolute atomic E-state index is 13.2. The van der Waals surface area contributed by atoms with Crippen LogP contribution in [0.15, 0.2) is 58.4 Å². The molecule has 4 rings (SSSR count). The van der Waals surface area contributed by atoms with E-state index < -0.39 is 15.9 Å². The molecule has 0 unspecified atom stereocenters. The fraction of sp³-hybridized carbons (Fsp3) is 0.273. The maximum Gasteiger partial charge on any atom is 0.295 e. The summed E-state index contributed by atoms with van der Waals surface area (Å²) < 4.78 is 42.7. The third kappa shape index (κ3) is 5.43. The van der Waals surface area contributed by atoms with Crippen LogP contribution in [0.2, 0.25) is 0 Å². The highest BCUT2D eigenvalue weighted by atomic mass is 32.2. The maximum atomic E-state index is 13.2. The molecular weight excluding hydrogens is 447 g/mol. The fourth-order valence-corrected chi connectivity index (χ4v) is 4.55. The minimum absolute atomic E-state index is 0.00762. The zero-order valence-electron chi connectivity index (χ0n) is 18.0. The quantitative estimate of drug-likeness (QED) is 0.594. The van der Waals surface area contributed by atoms with Crippen LogP contribution in [0.5, 0.6) is 0 Å². The van der Waals surface area contributed by atoms with E-state index in [1.54, 1.807) is 13.0 Å². The van der Waals surface area contributed by atoms with Gasteiger partial charge in [0.25, 0.3) is 15.9 Å². The Bertz CT molecular complexity index is 1300. The number of aliphatic imine (C=N–C) groups is 1. The topological polar surface area (TPSA) is 118 Å². The average molecular weight is 471 g/mol. The van der Waals surface area contributed by atoms with E-state index in [0.29, 0.717) is 30.3 Å². The standard InChI is InChI=1S/C22H23FN6O3S/c1-15-25-21(27-29(15)18-11-9-16(23)10-12-18)22(30)26-17-6-5-7-19(14-17)33(31,32)28-20-8-3-2-4-13-24-20/h5-7,9-12,14H,2-4,8,13H2,1H3,(H,24,28)(H,26,30). The molecule has 1 aromatic heterocycles. The molecule has 3 aromatic rings. The van der Waals surface area contributed by atoms with E-state index in [1.165, 1.54) is 47.1 Å². The van der Waals surface area contributed by atoms with Gasteiger partial charge in [-0.3, -0.25) is 14.5 Å². The van der Waals surface area contributed by atoms with Crippen molar-refractivity contribution in [3.05, 3.63) is 66.0 Å². The number of halogens is 1. The molecule has 11 heteroatoms. The minimum Gasteiger partial charge on any atom is -0.319 e. The van der Waals surface area contributed by atoms with E-state index >= 15 is 0 Å². The molecule has 2 N–H and O–H groups in total. The van der Waals surface area contributed by atoms with Gasteiger partial charge in [-0.2, -0.15) is 0 Å². The van der Waals surface area contributed by atoms with Gasteiger partial charge in [-0.1, -0.05) is 12.5 Å². The van der Waals surface area contributed by atoms with Gasteiger partial charge in [-0.15, -0.1) is 5.10 Å². The molecule has 0 spiro atoms. The van der Waals surface area contributed by atoms with Crippen molar-refractivity contribution in [3.8, 4) is 5.69 Å². The number of aromatic nitrogens is 3. The summed E-state index contributed by atoms with van der Waals surface area (Å²) in [6, 6.07) is 11.5. The number of nitrogens with zero attached hydrogens (tertiary/aromatic N) is 4. The zero-order chi connectivity index (χ0) is 23.4. The normalized spacial score (nSPS) is 14.3. The van der Waals surface area contributed by atoms with E-state index in [1.807, 2.05) is 0 Å². The van der Waals surface area contributed by atoms with Crippen molar-refractivity contribution in [1.29, 1.82) is 0 Å². The van der Waals surface area contributed by atoms with Gasteiger partial charge in [-0.25, -0.2) is 22.5 Å². The van der Waals surface area contributed by atoms with Gasteiger partial charge in [0.2, 0.25) is 5.82 Å². The van der Waals surface area contributed by atoms with Crippen LogP contribution in [0, 0.1) is 12.7 Å². The zero-order valence-corrected chi connectivity index (χ0v) is 18.8. The molecular formula is C22H23FN6O3S. The number of sulfonamides is 1. The lowest BCUT2D eigenvalue weighted by Crippen LogP contribution is -2.30. The summed E-state index contributed by atoms with van der Waals surface area (Å²) >= 11 is 0. The van der Waals surface area contributed by atoms with Gasteiger partial charge >= 0.3 is 0 Å². The first-order valence-corrected chi connectivity index (χ1v) is 12.0. The molecule has 0 aliphatic carbocycles. The van der Waals surface area contributed by atoms with E-state index in [-0.39, 0.29) is 22.2 Å². The number of amidine groups is 1. The van der Waals surface area contributed by atoms with Crippen molar-refractivity contribution >= 4 is 27.5 Å². The van der Waals surface area contributed by atoms with Crippen molar-refractivity contribution < 1.29 is 17.6 Å². The number of hydrogen-bond acceptors (Lipinski definition) is 6. The lowest BCUT2D eigenvalue weighted by Gasteiger charge is -2.11. The molecule has 9 nitrogen and oxygen atoms in total. The van der Waals surface area contributed by atoms with Gasteiger partial charge in [0, 0.05) is 18.7 Å². The summed E-state index contributed by atoms with van der Waals surface area (Å²) in [4.78, 5) is 21.2. The Balaban J connectivity index is 1.50. The van der Waals surface area contributed by atoms with Crippen LogP contribution in [-0.4, -0.2) is 41.5 Å². The molecule has 0 bridgehead atoms. The van der Waals surface area contributed by atoms with Crippen LogP contribution in [0.4, 0.5) is 10.1 Å². The Kier molecular flexibility index (Phi) is 6.50. The van der Waals surface area contributed by atoms with Crippen LogP contribution in [0.3, 0.4) is 0 Å². The van der Waals surface area contributed by atoms with Gasteiger partial charge in [-0.05, 0) is 62.2 Å². The second kappa shape index (κ2) is 9.49. The van der Waals surface area contributed by atoms with E-state index in [2.05, 4.69) is 25.1 Å². The molecule has 33 heavy (non-hydrogen) atoms. The summed E-state index contributed by atoms with van der Waals surface area (Å²) in [6.07, 6.45) is 3.42. The first-order valence-electron chi connectivity index (χ1n) is 10.5. The lowest BCUT2D eigenvalue weighted by atomic mass is 10.2. The van der Waals surface area contributed by atoms with Gasteiger partial charge in [0.1, 0.15) is 17.5 Å². The van der Waals surface area contributed by atoms with Crippen molar-refractivity contribution in [3.63, 3.8) is 0 Å². The van der Waals surface area contributed by atoms with Crippen LogP contribution in [-0.2, 0) is 10.0 Å². The largest absolute Gasteiger partial charge is 0.319 e. The molecule has 2 heterocycles. The number of benzene rings is 2. The number of amides is 1. The Labute approximate surface area is 190 Å². The smallest absolute Gasteiger partial charge is 0.295 e. The number of hydrogen-bond donors (Lipinski definition) is 2.